The number of benzene rings is 1. The summed E-state index contributed by atoms with van der Waals surface area (Å²) in [7, 11) is 2.80. The second kappa shape index (κ2) is 18.0. The summed E-state index contributed by atoms with van der Waals surface area (Å²) in [5.74, 6) is -0.438. The SMILES string of the molecule is COc1nn(C)cc1C(=O)N[S@@]1(=O)=NC(=O)C2=CC=C3OC[C@]4(CCCc5cc(Cl)ccc54)CN(C[C@@H]4CC[C@H]4[C@@H](OC)/C=C/[C@H](OCCN4CC(OC)C4)[C@H](C)C1)C3C2. The number of likely N-dealkylation sites (tertiary alicyclic amines) is 1. The van der Waals surface area contributed by atoms with Gasteiger partial charge in [-0.3, -0.25) is 28.8 Å². The number of amides is 2. The van der Waals surface area contributed by atoms with E-state index in [9.17, 15) is 9.59 Å². The molecule has 2 bridgehead atoms. The zero-order chi connectivity index (χ0) is 42.2. The first-order valence-electron chi connectivity index (χ1n) is 21.2. The molecule has 1 unspecified atom stereocenters. The average molecular weight is 868 g/mol. The zero-order valence-electron chi connectivity index (χ0n) is 35.3. The number of methoxy groups -OCH3 is 3. The smallest absolute Gasteiger partial charge is 0.282 e. The lowest BCUT2D eigenvalue weighted by Crippen LogP contribution is -2.52. The lowest BCUT2D eigenvalue weighted by atomic mass is 9.68. The molecule has 1 spiro atoms. The van der Waals surface area contributed by atoms with Gasteiger partial charge in [-0.05, 0) is 79.4 Å². The van der Waals surface area contributed by atoms with Gasteiger partial charge >= 0.3 is 0 Å². The van der Waals surface area contributed by atoms with E-state index in [1.807, 2.05) is 25.1 Å². The van der Waals surface area contributed by atoms with Gasteiger partial charge in [-0.25, -0.2) is 4.21 Å². The number of fused-ring (bicyclic) bond motifs is 4. The first kappa shape index (κ1) is 43.1. The van der Waals surface area contributed by atoms with Crippen molar-refractivity contribution >= 4 is 33.3 Å². The van der Waals surface area contributed by atoms with Crippen molar-refractivity contribution < 1.29 is 37.5 Å². The molecule has 3 aliphatic heterocycles. The van der Waals surface area contributed by atoms with Gasteiger partial charge in [-0.15, -0.1) is 9.46 Å². The maximum atomic E-state index is 15.2. The number of hydrogen-bond acceptors (Lipinski definition) is 11. The third-order valence-electron chi connectivity index (χ3n) is 13.5. The van der Waals surface area contributed by atoms with Gasteiger partial charge in [0, 0.05) is 88.5 Å². The molecule has 4 heterocycles. The van der Waals surface area contributed by atoms with Crippen LogP contribution < -0.4 is 9.46 Å². The van der Waals surface area contributed by atoms with Crippen molar-refractivity contribution in [3.8, 4) is 5.88 Å². The molecule has 60 heavy (non-hydrogen) atoms. The van der Waals surface area contributed by atoms with Gasteiger partial charge in [0.05, 0.1) is 50.4 Å². The minimum atomic E-state index is -3.75. The summed E-state index contributed by atoms with van der Waals surface area (Å²) in [6, 6.07) is 6.02. The molecule has 0 radical (unpaired) electrons. The molecule has 2 saturated heterocycles. The minimum absolute atomic E-state index is 0.0684. The molecule has 8 atom stereocenters. The van der Waals surface area contributed by atoms with Crippen molar-refractivity contribution in [3.05, 3.63) is 81.7 Å². The van der Waals surface area contributed by atoms with Gasteiger partial charge in [0.25, 0.3) is 11.8 Å². The number of carbonyl (C=O) groups is 2. The van der Waals surface area contributed by atoms with E-state index in [1.165, 1.54) is 29.1 Å². The summed E-state index contributed by atoms with van der Waals surface area (Å²) in [5, 5.41) is 4.94. The van der Waals surface area contributed by atoms with Crippen LogP contribution in [0.1, 0.15) is 60.5 Å². The molecule has 2 aromatic rings. The van der Waals surface area contributed by atoms with Crippen molar-refractivity contribution in [2.24, 2.45) is 29.2 Å². The van der Waals surface area contributed by atoms with Crippen LogP contribution in [0.15, 0.2) is 64.4 Å². The molecule has 16 heteroatoms. The molecule has 1 N–H and O–H groups in total. The zero-order valence-corrected chi connectivity index (χ0v) is 36.9. The summed E-state index contributed by atoms with van der Waals surface area (Å²) in [6.45, 7) is 6.76. The Morgan fingerprint density at radius 2 is 1.92 bits per heavy atom. The molecule has 8 rings (SSSR count). The highest BCUT2D eigenvalue weighted by Crippen LogP contribution is 2.46. The van der Waals surface area contributed by atoms with Crippen LogP contribution in [0.4, 0.5) is 0 Å². The van der Waals surface area contributed by atoms with Gasteiger partial charge in [-0.2, -0.15) is 0 Å². The largest absolute Gasteiger partial charge is 0.495 e. The number of aryl methyl sites for hydroxylation is 2. The van der Waals surface area contributed by atoms with Crippen molar-refractivity contribution in [2.45, 2.75) is 75.2 Å². The molecular weight excluding hydrogens is 808 g/mol. The molecule has 1 saturated carbocycles. The predicted molar refractivity (Wildman–Crippen MR) is 228 cm³/mol. The highest BCUT2D eigenvalue weighted by molar-refractivity contribution is 7.92. The molecule has 6 aliphatic rings. The van der Waals surface area contributed by atoms with E-state index in [0.29, 0.717) is 37.7 Å². The standard InChI is InChI=1S/C44H59ClN6O8S/c1-28-25-60(54,48-42(53)35-24-49(2)46-43(35)57-5)47-41(52)30-9-13-40-37(20-30)51(26-44(27-59-40)16-6-7-29-19-32(45)10-12-36(29)44)21-31-8-11-34(31)39(56-4)15-14-38(28)58-18-17-50-22-33(23-50)55-3/h9-10,12-15,19,24,28,31,33-34,37-39H,6-8,11,16-18,20-23,25-27H2,1-5H3,(H,47,48,52,53,54)/b15-14+/t28-,31+,34-,37?,38+,39+,44+,60+/m1/s1. The molecule has 1 aromatic carbocycles. The number of allylic oxidation sites excluding steroid dienone is 2. The first-order valence-corrected chi connectivity index (χ1v) is 23.3. The first-order chi connectivity index (χ1) is 28.9. The topological polar surface area (TPSA) is 146 Å². The summed E-state index contributed by atoms with van der Waals surface area (Å²) in [5.41, 5.74) is 2.76. The molecule has 14 nitrogen and oxygen atoms in total. The number of nitrogens with zero attached hydrogens (tertiary/aromatic N) is 5. The van der Waals surface area contributed by atoms with E-state index in [2.05, 4.69) is 42.2 Å². The Balaban J connectivity index is 1.16. The monoisotopic (exact) mass is 866 g/mol. The fourth-order valence-electron chi connectivity index (χ4n) is 10.1. The third kappa shape index (κ3) is 9.00. The molecule has 2 amide bonds. The number of aromatic nitrogens is 2. The van der Waals surface area contributed by atoms with Gasteiger partial charge in [-0.1, -0.05) is 36.7 Å². The van der Waals surface area contributed by atoms with E-state index in [-0.39, 0.29) is 46.8 Å². The Labute approximate surface area is 358 Å². The molecule has 326 valence electrons. The lowest BCUT2D eigenvalue weighted by molar-refractivity contribution is -0.114. The summed E-state index contributed by atoms with van der Waals surface area (Å²) < 4.78 is 54.0. The number of halogens is 1. The van der Waals surface area contributed by atoms with Crippen LogP contribution in [0.25, 0.3) is 0 Å². The molecular formula is C44H59ClN6O8S. The van der Waals surface area contributed by atoms with Crippen molar-refractivity contribution in [2.75, 3.05) is 73.0 Å². The van der Waals surface area contributed by atoms with Crippen molar-refractivity contribution in [1.82, 2.24) is 24.3 Å². The van der Waals surface area contributed by atoms with Crippen LogP contribution in [-0.4, -0.2) is 133 Å². The number of ether oxygens (including phenoxy) is 5. The van der Waals surface area contributed by atoms with E-state index >= 15 is 4.21 Å². The predicted octanol–water partition coefficient (Wildman–Crippen LogP) is 4.87. The molecule has 3 aliphatic carbocycles. The minimum Gasteiger partial charge on any atom is -0.495 e. The van der Waals surface area contributed by atoms with Crippen molar-refractivity contribution in [3.63, 3.8) is 0 Å². The molecule has 1 aromatic heterocycles. The maximum absolute atomic E-state index is 15.2. The Morgan fingerprint density at radius 1 is 1.10 bits per heavy atom. The Hall–Kier alpha value is -3.57. The lowest BCUT2D eigenvalue weighted by Gasteiger charge is -2.46. The average Bonchev–Trinajstić information content (AvgIpc) is 3.52. The molecule has 3 fully saturated rings. The van der Waals surface area contributed by atoms with E-state index in [4.69, 9.17) is 35.3 Å². The summed E-state index contributed by atoms with van der Waals surface area (Å²) in [6.07, 6.45) is 14.1. The maximum Gasteiger partial charge on any atom is 0.282 e. The highest BCUT2D eigenvalue weighted by atomic mass is 35.5. The number of carbonyl (C=O) groups excluding carboxylic acids is 2. The second-order valence-corrected chi connectivity index (χ2v) is 19.9. The number of nitrogens with one attached hydrogen (secondary N) is 1. The summed E-state index contributed by atoms with van der Waals surface area (Å²) in [4.78, 5) is 33.1. The normalized spacial score (nSPS) is 33.1. The Kier molecular flexibility index (Phi) is 13.0. The quantitative estimate of drug-likeness (QED) is 0.345. The van der Waals surface area contributed by atoms with Gasteiger partial charge in [0.1, 0.15) is 21.2 Å². The third-order valence-corrected chi connectivity index (χ3v) is 15.7. The highest BCUT2D eigenvalue weighted by Gasteiger charge is 2.47. The van der Waals surface area contributed by atoms with Crippen LogP contribution in [0.2, 0.25) is 5.02 Å². The second-order valence-electron chi connectivity index (χ2n) is 17.5. The van der Waals surface area contributed by atoms with Gasteiger partial charge < -0.3 is 23.7 Å². The van der Waals surface area contributed by atoms with E-state index < -0.39 is 33.8 Å². The van der Waals surface area contributed by atoms with Gasteiger partial charge in [0.15, 0.2) is 0 Å². The Morgan fingerprint density at radius 3 is 2.67 bits per heavy atom. The van der Waals surface area contributed by atoms with Crippen LogP contribution in [0.5, 0.6) is 5.88 Å². The number of hydrogen-bond donors (Lipinski definition) is 1. The van der Waals surface area contributed by atoms with E-state index in [0.717, 1.165) is 69.1 Å². The van der Waals surface area contributed by atoms with Crippen LogP contribution in [0, 0.1) is 17.8 Å². The fourth-order valence-corrected chi connectivity index (χ4v) is 12.2. The number of rotatable bonds is 9. The van der Waals surface area contributed by atoms with Gasteiger partial charge in [0.2, 0.25) is 5.88 Å². The van der Waals surface area contributed by atoms with E-state index in [1.54, 1.807) is 27.3 Å². The van der Waals surface area contributed by atoms with Crippen molar-refractivity contribution in [1.29, 1.82) is 0 Å². The van der Waals surface area contributed by atoms with Crippen LogP contribution in [-0.2, 0) is 52.5 Å². The summed E-state index contributed by atoms with van der Waals surface area (Å²) >= 11 is 6.51. The Bertz CT molecular complexity index is 2160. The van der Waals surface area contributed by atoms with Crippen LogP contribution >= 0.6 is 11.6 Å². The van der Waals surface area contributed by atoms with Crippen LogP contribution in [0.3, 0.4) is 0 Å². The fraction of sp³-hybridized carbons (Fsp3) is 0.614.